The molecule has 0 aliphatic carbocycles. The number of rotatable bonds is 5. The molecule has 13 rings (SSSR count). The highest BCUT2D eigenvalue weighted by atomic mass is 16.1. The van der Waals surface area contributed by atoms with Gasteiger partial charge in [0.2, 0.25) is 0 Å². The molecule has 0 amide bonds. The van der Waals surface area contributed by atoms with E-state index in [1.807, 2.05) is 10.5 Å². The first kappa shape index (κ1) is 35.4. The molecule has 0 bridgehead atoms. The quantitative estimate of drug-likeness (QED) is 0.159. The predicted molar refractivity (Wildman–Crippen MR) is 267 cm³/mol. The summed E-state index contributed by atoms with van der Waals surface area (Å²) < 4.78 is 1.96. The standard InChI is InChI=1S/C61H37NO/c63-61-53-29-26-45(44-25-28-52-50-23-8-7-21-48(50)49-22-9-10-24-51(49)54(52)33-44)34-55(53)57-36-47(43-20-12-18-41(32-43)39-15-5-2-6-16-39)37-58-56-35-46(27-30-59(56)62(61)60(57)58)42-19-11-17-40(31-42)38-13-3-1-4-14-38/h1-37H. The number of hydrogen-bond donors (Lipinski definition) is 0. The van der Waals surface area contributed by atoms with Gasteiger partial charge in [-0.25, -0.2) is 0 Å². The summed E-state index contributed by atoms with van der Waals surface area (Å²) in [5, 5.41) is 12.3. The van der Waals surface area contributed by atoms with E-state index in [-0.39, 0.29) is 5.56 Å². The number of fused-ring (bicyclic) bond motifs is 11. The molecule has 0 N–H and O–H groups in total. The summed E-state index contributed by atoms with van der Waals surface area (Å²) in [5.41, 5.74) is 13.3. The second-order valence-electron chi connectivity index (χ2n) is 16.8. The summed E-state index contributed by atoms with van der Waals surface area (Å²) in [6.07, 6.45) is 0. The Balaban J connectivity index is 1.07. The van der Waals surface area contributed by atoms with Gasteiger partial charge in [0.1, 0.15) is 0 Å². The molecule has 63 heavy (non-hydrogen) atoms. The third-order valence-corrected chi connectivity index (χ3v) is 13.3. The Kier molecular flexibility index (Phi) is 7.79. The second-order valence-corrected chi connectivity index (χ2v) is 16.8. The minimum Gasteiger partial charge on any atom is -0.275 e. The van der Waals surface area contributed by atoms with Gasteiger partial charge in [-0.2, -0.15) is 0 Å². The van der Waals surface area contributed by atoms with Crippen LogP contribution in [0.15, 0.2) is 229 Å². The summed E-state index contributed by atoms with van der Waals surface area (Å²) in [6.45, 7) is 0. The number of aromatic nitrogens is 1. The zero-order valence-electron chi connectivity index (χ0n) is 34.2. The van der Waals surface area contributed by atoms with Crippen molar-refractivity contribution in [2.75, 3.05) is 0 Å². The van der Waals surface area contributed by atoms with Crippen molar-refractivity contribution in [1.82, 2.24) is 4.40 Å². The molecule has 0 atom stereocenters. The third kappa shape index (κ3) is 5.55. The average Bonchev–Trinajstić information content (AvgIpc) is 3.70. The fourth-order valence-electron chi connectivity index (χ4n) is 10.3. The zero-order valence-corrected chi connectivity index (χ0v) is 34.2. The SMILES string of the molecule is O=c1c2ccc(-c3ccc4c5ccccc5c5ccccc5c4c3)cc2c2cc(-c3cccc(-c4ccccc4)c3)cc3c4cc(-c5cccc(-c6ccccc6)c5)ccc4n1c23. The highest BCUT2D eigenvalue weighted by Crippen LogP contribution is 2.42. The minimum absolute atomic E-state index is 0.00215. The molecular formula is C61H37NO. The van der Waals surface area contributed by atoms with E-state index in [4.69, 9.17) is 0 Å². The van der Waals surface area contributed by atoms with Crippen LogP contribution in [0.2, 0.25) is 0 Å². The Morgan fingerprint density at radius 2 is 0.571 bits per heavy atom. The molecule has 292 valence electrons. The molecule has 0 aliphatic heterocycles. The molecule has 13 aromatic rings. The van der Waals surface area contributed by atoms with Gasteiger partial charge >= 0.3 is 0 Å². The Hall–Kier alpha value is -8.33. The van der Waals surface area contributed by atoms with Gasteiger partial charge in [-0.1, -0.05) is 170 Å². The van der Waals surface area contributed by atoms with Crippen molar-refractivity contribution in [3.05, 3.63) is 235 Å². The molecule has 0 spiro atoms. The third-order valence-electron chi connectivity index (χ3n) is 13.3. The van der Waals surface area contributed by atoms with E-state index in [9.17, 15) is 4.79 Å². The Labute approximate surface area is 363 Å². The molecule has 2 heteroatoms. The van der Waals surface area contributed by atoms with Crippen molar-refractivity contribution in [3.8, 4) is 55.6 Å². The van der Waals surface area contributed by atoms with E-state index in [1.54, 1.807) is 0 Å². The maximum atomic E-state index is 14.9. The number of hydrogen-bond acceptors (Lipinski definition) is 1. The lowest BCUT2D eigenvalue weighted by Gasteiger charge is -2.13. The van der Waals surface area contributed by atoms with Crippen LogP contribution in [-0.4, -0.2) is 4.40 Å². The van der Waals surface area contributed by atoms with Gasteiger partial charge in [0.25, 0.3) is 5.56 Å². The molecule has 2 heterocycles. The van der Waals surface area contributed by atoms with Crippen LogP contribution in [0.4, 0.5) is 0 Å². The van der Waals surface area contributed by atoms with Gasteiger partial charge in [0.15, 0.2) is 0 Å². The van der Waals surface area contributed by atoms with Crippen molar-refractivity contribution in [3.63, 3.8) is 0 Å². The molecule has 2 nitrogen and oxygen atoms in total. The molecule has 2 aromatic heterocycles. The van der Waals surface area contributed by atoms with Gasteiger partial charge in [0.05, 0.1) is 11.0 Å². The van der Waals surface area contributed by atoms with E-state index < -0.39 is 0 Å². The molecule has 0 radical (unpaired) electrons. The number of pyridine rings is 1. The lowest BCUT2D eigenvalue weighted by molar-refractivity contribution is 1.21. The van der Waals surface area contributed by atoms with Crippen LogP contribution in [0.1, 0.15) is 0 Å². The normalized spacial score (nSPS) is 11.9. The van der Waals surface area contributed by atoms with Crippen LogP contribution >= 0.6 is 0 Å². The highest BCUT2D eigenvalue weighted by molar-refractivity contribution is 6.26. The average molecular weight is 800 g/mol. The van der Waals surface area contributed by atoms with Crippen molar-refractivity contribution in [1.29, 1.82) is 0 Å². The van der Waals surface area contributed by atoms with Crippen LogP contribution in [0.25, 0.3) is 126 Å². The zero-order chi connectivity index (χ0) is 41.6. The molecule has 0 aliphatic rings. The van der Waals surface area contributed by atoms with E-state index >= 15 is 0 Å². The van der Waals surface area contributed by atoms with Crippen molar-refractivity contribution < 1.29 is 0 Å². The van der Waals surface area contributed by atoms with Crippen LogP contribution in [-0.2, 0) is 0 Å². The summed E-state index contributed by atoms with van der Waals surface area (Å²) in [7, 11) is 0. The summed E-state index contributed by atoms with van der Waals surface area (Å²) in [6, 6.07) is 80.5. The fourth-order valence-corrected chi connectivity index (χ4v) is 10.3. The van der Waals surface area contributed by atoms with Gasteiger partial charge in [-0.05, 0) is 148 Å². The molecular weight excluding hydrogens is 763 g/mol. The Bertz CT molecular complexity index is 4000. The van der Waals surface area contributed by atoms with Gasteiger partial charge in [-0.3, -0.25) is 9.20 Å². The lowest BCUT2D eigenvalue weighted by atomic mass is 9.91. The monoisotopic (exact) mass is 799 g/mol. The number of benzene rings is 11. The van der Waals surface area contributed by atoms with Crippen LogP contribution in [0.5, 0.6) is 0 Å². The Morgan fingerprint density at radius 1 is 0.222 bits per heavy atom. The maximum absolute atomic E-state index is 14.9. The second kappa shape index (κ2) is 13.9. The largest absolute Gasteiger partial charge is 0.275 e. The van der Waals surface area contributed by atoms with Gasteiger partial charge in [-0.15, -0.1) is 0 Å². The first-order chi connectivity index (χ1) is 31.1. The summed E-state index contributed by atoms with van der Waals surface area (Å²) >= 11 is 0. The number of nitrogens with zero attached hydrogens (tertiary/aromatic N) is 1. The minimum atomic E-state index is -0.00215. The van der Waals surface area contributed by atoms with Crippen molar-refractivity contribution in [2.24, 2.45) is 0 Å². The van der Waals surface area contributed by atoms with Gasteiger partial charge < -0.3 is 0 Å². The molecule has 11 aromatic carbocycles. The van der Waals surface area contributed by atoms with Gasteiger partial charge in [0, 0.05) is 21.5 Å². The predicted octanol–water partition coefficient (Wildman–Crippen LogP) is 16.0. The van der Waals surface area contributed by atoms with E-state index in [0.29, 0.717) is 5.39 Å². The lowest BCUT2D eigenvalue weighted by Crippen LogP contribution is -2.13. The van der Waals surface area contributed by atoms with Crippen molar-refractivity contribution >= 4 is 70.3 Å². The summed E-state index contributed by atoms with van der Waals surface area (Å²) in [5.74, 6) is 0. The van der Waals surface area contributed by atoms with Crippen LogP contribution < -0.4 is 5.56 Å². The topological polar surface area (TPSA) is 21.5 Å². The van der Waals surface area contributed by atoms with Crippen LogP contribution in [0, 0.1) is 0 Å². The first-order valence-electron chi connectivity index (χ1n) is 21.6. The van der Waals surface area contributed by atoms with E-state index in [0.717, 1.165) is 66.0 Å². The molecule has 0 saturated carbocycles. The van der Waals surface area contributed by atoms with Crippen LogP contribution in [0.3, 0.4) is 0 Å². The van der Waals surface area contributed by atoms with E-state index in [2.05, 4.69) is 218 Å². The smallest absolute Gasteiger partial charge is 0.263 e. The highest BCUT2D eigenvalue weighted by Gasteiger charge is 2.21. The molecule has 0 unspecified atom stereocenters. The maximum Gasteiger partial charge on any atom is 0.263 e. The van der Waals surface area contributed by atoms with E-state index in [1.165, 1.54) is 54.6 Å². The molecule has 0 saturated heterocycles. The molecule has 0 fully saturated rings. The first-order valence-corrected chi connectivity index (χ1v) is 21.6. The Morgan fingerprint density at radius 3 is 1.13 bits per heavy atom. The fraction of sp³-hybridized carbons (Fsp3) is 0. The summed E-state index contributed by atoms with van der Waals surface area (Å²) in [4.78, 5) is 14.9. The van der Waals surface area contributed by atoms with Crippen molar-refractivity contribution in [2.45, 2.75) is 0 Å².